The van der Waals surface area contributed by atoms with Crippen molar-refractivity contribution in [2.75, 3.05) is 13.1 Å². The summed E-state index contributed by atoms with van der Waals surface area (Å²) in [4.78, 5) is 25.1. The number of imidazole rings is 1. The summed E-state index contributed by atoms with van der Waals surface area (Å²) in [5.41, 5.74) is 9.28. The molecule has 1 aliphatic rings. The monoisotopic (exact) mass is 400 g/mol. The summed E-state index contributed by atoms with van der Waals surface area (Å²) in [5, 5.41) is 3.28. The van der Waals surface area contributed by atoms with E-state index in [1.54, 1.807) is 24.7 Å². The number of ether oxygens (including phenoxy) is 1. The first-order chi connectivity index (χ1) is 14.7. The number of benzene rings is 2. The van der Waals surface area contributed by atoms with Crippen LogP contribution in [0, 0.1) is 0 Å². The van der Waals surface area contributed by atoms with Gasteiger partial charge in [-0.05, 0) is 42.8 Å². The number of nitrogens with zero attached hydrogens (tertiary/aromatic N) is 4. The molecule has 3 N–H and O–H groups in total. The van der Waals surface area contributed by atoms with Gasteiger partial charge in [0, 0.05) is 23.9 Å². The van der Waals surface area contributed by atoms with Gasteiger partial charge in [0.05, 0.1) is 11.0 Å². The van der Waals surface area contributed by atoms with Gasteiger partial charge in [-0.1, -0.05) is 24.3 Å². The van der Waals surface area contributed by atoms with Gasteiger partial charge in [-0.15, -0.1) is 0 Å². The average Bonchev–Trinajstić information content (AvgIpc) is 3.43. The van der Waals surface area contributed by atoms with Gasteiger partial charge in [0.15, 0.2) is 5.82 Å². The zero-order chi connectivity index (χ0) is 20.5. The molecule has 1 fully saturated rings. The second-order valence-electron chi connectivity index (χ2n) is 7.17. The smallest absolute Gasteiger partial charge is 0.318 e. The molecule has 0 aliphatic carbocycles. The van der Waals surface area contributed by atoms with Crippen LogP contribution in [0.2, 0.25) is 0 Å². The van der Waals surface area contributed by atoms with Crippen LogP contribution in [0.3, 0.4) is 0 Å². The van der Waals surface area contributed by atoms with E-state index in [0.29, 0.717) is 17.4 Å². The van der Waals surface area contributed by atoms with E-state index in [4.69, 9.17) is 15.5 Å². The zero-order valence-corrected chi connectivity index (χ0v) is 16.2. The van der Waals surface area contributed by atoms with Gasteiger partial charge in [0.25, 0.3) is 0 Å². The SMILES string of the molecule is NC(=O)c1ccc(-c2cnc(OC3CCNC3)nc2-n2cnc3ccccc32)cc1. The Bertz CT molecular complexity index is 1210. The minimum absolute atomic E-state index is 0.0538. The second-order valence-corrected chi connectivity index (χ2v) is 7.17. The molecule has 0 bridgehead atoms. The van der Waals surface area contributed by atoms with E-state index in [9.17, 15) is 4.79 Å². The molecule has 0 radical (unpaired) electrons. The summed E-state index contributed by atoms with van der Waals surface area (Å²) in [5.74, 6) is 0.194. The van der Waals surface area contributed by atoms with Crippen molar-refractivity contribution in [3.05, 3.63) is 66.6 Å². The number of carbonyl (C=O) groups excluding carboxylic acids is 1. The number of aromatic nitrogens is 4. The van der Waals surface area contributed by atoms with Gasteiger partial charge in [-0.25, -0.2) is 9.97 Å². The van der Waals surface area contributed by atoms with Gasteiger partial charge >= 0.3 is 6.01 Å². The summed E-state index contributed by atoms with van der Waals surface area (Å²) in [6.45, 7) is 1.71. The quantitative estimate of drug-likeness (QED) is 0.532. The largest absolute Gasteiger partial charge is 0.459 e. The van der Waals surface area contributed by atoms with Crippen LogP contribution in [0.15, 0.2) is 61.1 Å². The maximum atomic E-state index is 11.4. The first kappa shape index (κ1) is 18.3. The Morgan fingerprint density at radius 3 is 2.73 bits per heavy atom. The first-order valence-electron chi connectivity index (χ1n) is 9.76. The molecule has 0 saturated carbocycles. The number of primary amides is 1. The van der Waals surface area contributed by atoms with E-state index in [-0.39, 0.29) is 6.10 Å². The molecule has 8 heteroatoms. The van der Waals surface area contributed by atoms with Gasteiger partial charge in [0.1, 0.15) is 12.4 Å². The maximum absolute atomic E-state index is 11.4. The molecule has 1 atom stereocenters. The Morgan fingerprint density at radius 2 is 1.97 bits per heavy atom. The third-order valence-corrected chi connectivity index (χ3v) is 5.20. The van der Waals surface area contributed by atoms with Crippen LogP contribution in [-0.4, -0.2) is 44.6 Å². The van der Waals surface area contributed by atoms with Crippen molar-refractivity contribution in [2.45, 2.75) is 12.5 Å². The number of nitrogens with two attached hydrogens (primary N) is 1. The summed E-state index contributed by atoms with van der Waals surface area (Å²) >= 11 is 0. The Morgan fingerprint density at radius 1 is 1.13 bits per heavy atom. The number of amides is 1. The normalized spacial score (nSPS) is 16.1. The van der Waals surface area contributed by atoms with E-state index < -0.39 is 5.91 Å². The van der Waals surface area contributed by atoms with Crippen molar-refractivity contribution < 1.29 is 9.53 Å². The van der Waals surface area contributed by atoms with E-state index in [0.717, 1.165) is 41.7 Å². The highest BCUT2D eigenvalue weighted by molar-refractivity contribution is 5.93. The van der Waals surface area contributed by atoms with Crippen molar-refractivity contribution in [3.63, 3.8) is 0 Å². The standard InChI is InChI=1S/C22H20N6O2/c23-20(29)15-7-5-14(6-8-15)17-12-25-22(30-16-9-10-24-11-16)27-21(17)28-13-26-18-3-1-2-4-19(18)28/h1-8,12-13,16,24H,9-11H2,(H2,23,29). The molecule has 4 aromatic rings. The molecule has 30 heavy (non-hydrogen) atoms. The van der Waals surface area contributed by atoms with Crippen molar-refractivity contribution in [2.24, 2.45) is 5.73 Å². The third kappa shape index (κ3) is 3.37. The molecular formula is C22H20N6O2. The van der Waals surface area contributed by atoms with Gasteiger partial charge < -0.3 is 15.8 Å². The van der Waals surface area contributed by atoms with Crippen molar-refractivity contribution >= 4 is 16.9 Å². The fraction of sp³-hybridized carbons (Fsp3) is 0.182. The highest BCUT2D eigenvalue weighted by Crippen LogP contribution is 2.29. The first-order valence-corrected chi connectivity index (χ1v) is 9.76. The molecule has 0 spiro atoms. The molecule has 150 valence electrons. The van der Waals surface area contributed by atoms with Crippen molar-refractivity contribution in [3.8, 4) is 23.0 Å². The fourth-order valence-electron chi connectivity index (χ4n) is 3.62. The summed E-state index contributed by atoms with van der Waals surface area (Å²) in [6, 6.07) is 15.3. The number of rotatable bonds is 5. The number of para-hydroxylation sites is 2. The van der Waals surface area contributed by atoms with Crippen molar-refractivity contribution in [1.82, 2.24) is 24.8 Å². The minimum atomic E-state index is -0.465. The molecule has 1 unspecified atom stereocenters. The molecule has 2 aromatic carbocycles. The van der Waals surface area contributed by atoms with E-state index >= 15 is 0 Å². The molecule has 8 nitrogen and oxygen atoms in total. The second kappa shape index (κ2) is 7.57. The van der Waals surface area contributed by atoms with Crippen LogP contribution in [0.25, 0.3) is 28.0 Å². The predicted octanol–water partition coefficient (Wildman–Crippen LogP) is 2.32. The molecule has 1 saturated heterocycles. The summed E-state index contributed by atoms with van der Waals surface area (Å²) in [6.07, 6.45) is 4.46. The molecule has 2 aromatic heterocycles. The van der Waals surface area contributed by atoms with Crippen LogP contribution in [-0.2, 0) is 0 Å². The molecule has 1 amide bonds. The minimum Gasteiger partial charge on any atom is -0.459 e. The molecule has 1 aliphatic heterocycles. The molecule has 3 heterocycles. The Kier molecular flexibility index (Phi) is 4.61. The molecular weight excluding hydrogens is 380 g/mol. The Labute approximate surface area is 172 Å². The fourth-order valence-corrected chi connectivity index (χ4v) is 3.62. The zero-order valence-electron chi connectivity index (χ0n) is 16.2. The van der Waals surface area contributed by atoms with Crippen LogP contribution < -0.4 is 15.8 Å². The topological polar surface area (TPSA) is 108 Å². The lowest BCUT2D eigenvalue weighted by Crippen LogP contribution is -2.21. The molecule has 5 rings (SSSR count). The lowest BCUT2D eigenvalue weighted by Gasteiger charge is -2.15. The number of nitrogens with one attached hydrogen (secondary N) is 1. The van der Waals surface area contributed by atoms with Gasteiger partial charge in [-0.2, -0.15) is 4.98 Å². The maximum Gasteiger partial charge on any atom is 0.318 e. The van der Waals surface area contributed by atoms with Crippen LogP contribution in [0.4, 0.5) is 0 Å². The van der Waals surface area contributed by atoms with E-state index in [2.05, 4.69) is 15.3 Å². The highest BCUT2D eigenvalue weighted by Gasteiger charge is 2.20. The van der Waals surface area contributed by atoms with Crippen molar-refractivity contribution in [1.29, 1.82) is 0 Å². The van der Waals surface area contributed by atoms with Crippen LogP contribution in [0.5, 0.6) is 6.01 Å². The highest BCUT2D eigenvalue weighted by atomic mass is 16.5. The van der Waals surface area contributed by atoms with E-state index in [1.165, 1.54) is 0 Å². The lowest BCUT2D eigenvalue weighted by atomic mass is 10.1. The third-order valence-electron chi connectivity index (χ3n) is 5.20. The van der Waals surface area contributed by atoms with Crippen LogP contribution >= 0.6 is 0 Å². The Hall–Kier alpha value is -3.78. The predicted molar refractivity (Wildman–Crippen MR) is 113 cm³/mol. The number of hydrogen-bond donors (Lipinski definition) is 2. The lowest BCUT2D eigenvalue weighted by molar-refractivity contribution is 0.100. The van der Waals surface area contributed by atoms with Gasteiger partial charge in [-0.3, -0.25) is 9.36 Å². The number of carbonyl (C=O) groups is 1. The van der Waals surface area contributed by atoms with Gasteiger partial charge in [0.2, 0.25) is 5.91 Å². The van der Waals surface area contributed by atoms with E-state index in [1.807, 2.05) is 41.0 Å². The number of hydrogen-bond acceptors (Lipinski definition) is 6. The average molecular weight is 400 g/mol. The summed E-state index contributed by atoms with van der Waals surface area (Å²) < 4.78 is 7.91. The number of fused-ring (bicyclic) bond motifs is 1. The summed E-state index contributed by atoms with van der Waals surface area (Å²) in [7, 11) is 0. The Balaban J connectivity index is 1.63. The van der Waals surface area contributed by atoms with Crippen LogP contribution in [0.1, 0.15) is 16.8 Å².